The van der Waals surface area contributed by atoms with Gasteiger partial charge in [-0.3, -0.25) is 4.79 Å². The first-order chi connectivity index (χ1) is 19.2. The molecule has 0 bridgehead atoms. The van der Waals surface area contributed by atoms with E-state index in [4.69, 9.17) is 27.9 Å². The topological polar surface area (TPSA) is 96.0 Å². The maximum atomic E-state index is 14.3. The van der Waals surface area contributed by atoms with Crippen molar-refractivity contribution in [3.63, 3.8) is 0 Å². The molecule has 3 rings (SSSR count). The first-order valence-electron chi connectivity index (χ1n) is 14.0. The second-order valence-electron chi connectivity index (χ2n) is 11.2. The molecule has 41 heavy (non-hydrogen) atoms. The summed E-state index contributed by atoms with van der Waals surface area (Å²) < 4.78 is 32.3. The van der Waals surface area contributed by atoms with Crippen LogP contribution in [0.2, 0.25) is 10.0 Å². The van der Waals surface area contributed by atoms with E-state index in [0.717, 1.165) is 11.1 Å². The van der Waals surface area contributed by atoms with Gasteiger partial charge in [-0.05, 0) is 76.4 Å². The summed E-state index contributed by atoms with van der Waals surface area (Å²) in [5.74, 6) is -0.608. The number of urea groups is 1. The summed E-state index contributed by atoms with van der Waals surface area (Å²) in [5, 5.41) is 3.86. The second-order valence-corrected chi connectivity index (χ2v) is 14.8. The Bertz CT molecular complexity index is 1310. The molecule has 1 aliphatic rings. The molecular weight excluding hydrogens is 585 g/mol. The number of morpholine rings is 1. The minimum absolute atomic E-state index is 0.0719. The number of carbonyl (C=O) groups excluding carboxylic acids is 2. The monoisotopic (exact) mass is 625 g/mol. The van der Waals surface area contributed by atoms with E-state index in [2.05, 4.69) is 5.32 Å². The van der Waals surface area contributed by atoms with E-state index >= 15 is 0 Å². The predicted octanol–water partition coefficient (Wildman–Crippen LogP) is 6.05. The molecule has 0 spiro atoms. The lowest BCUT2D eigenvalue weighted by Gasteiger charge is -2.48. The number of hydrogen-bond acceptors (Lipinski definition) is 5. The third-order valence-corrected chi connectivity index (χ3v) is 10.7. The van der Waals surface area contributed by atoms with Gasteiger partial charge in [-0.15, -0.1) is 0 Å². The summed E-state index contributed by atoms with van der Waals surface area (Å²) in [6.45, 7) is 11.6. The van der Waals surface area contributed by atoms with Crippen molar-refractivity contribution < 1.29 is 22.7 Å². The summed E-state index contributed by atoms with van der Waals surface area (Å²) in [4.78, 5) is 30.3. The molecule has 0 saturated carbocycles. The molecule has 1 heterocycles. The van der Waals surface area contributed by atoms with Crippen molar-refractivity contribution >= 4 is 45.0 Å². The zero-order chi connectivity index (χ0) is 30.5. The normalized spacial score (nSPS) is 20.5. The standard InChI is InChI=1S/C30H41Cl2N3O5S/c1-7-24(19-41(38,39)30(4,5)6)35-26(20-13-15-22(31)16-14-20)27(21-11-10-12-23(32)17-21)40-25(28(35)36)18-33-29(37)34(8-2)9-3/h10-17,24-27H,7-9,18-19H2,1-6H3,(H,33,37)/t24-,25-,26+,27+/m0/s1. The van der Waals surface area contributed by atoms with Crippen LogP contribution in [0.15, 0.2) is 48.5 Å². The van der Waals surface area contributed by atoms with Crippen molar-refractivity contribution in [2.75, 3.05) is 25.4 Å². The molecule has 0 aliphatic carbocycles. The zero-order valence-corrected chi connectivity index (χ0v) is 26.9. The highest BCUT2D eigenvalue weighted by Gasteiger charge is 2.48. The molecule has 226 valence electrons. The van der Waals surface area contributed by atoms with E-state index in [1.54, 1.807) is 60.9 Å². The van der Waals surface area contributed by atoms with Gasteiger partial charge in [0.2, 0.25) is 0 Å². The lowest BCUT2D eigenvalue weighted by Crippen LogP contribution is -2.59. The van der Waals surface area contributed by atoms with Crippen LogP contribution in [0.4, 0.5) is 4.79 Å². The second kappa shape index (κ2) is 13.8. The highest BCUT2D eigenvalue weighted by Crippen LogP contribution is 2.44. The van der Waals surface area contributed by atoms with Gasteiger partial charge in [-0.25, -0.2) is 13.2 Å². The maximum Gasteiger partial charge on any atom is 0.317 e. The molecule has 1 fully saturated rings. The number of rotatable bonds is 10. The quantitative estimate of drug-likeness (QED) is 0.347. The van der Waals surface area contributed by atoms with Gasteiger partial charge in [0.1, 0.15) is 6.10 Å². The van der Waals surface area contributed by atoms with Crippen molar-refractivity contribution in [1.82, 2.24) is 15.1 Å². The molecule has 0 radical (unpaired) electrons. The van der Waals surface area contributed by atoms with Gasteiger partial charge in [0.05, 0.1) is 23.1 Å². The van der Waals surface area contributed by atoms with E-state index < -0.39 is 38.9 Å². The third kappa shape index (κ3) is 7.74. The Kier molecular flexibility index (Phi) is 11.1. The van der Waals surface area contributed by atoms with Crippen molar-refractivity contribution in [2.45, 2.75) is 77.0 Å². The fourth-order valence-corrected chi connectivity index (χ4v) is 6.67. The average molecular weight is 627 g/mol. The van der Waals surface area contributed by atoms with Crippen LogP contribution in [0.5, 0.6) is 0 Å². The Balaban J connectivity index is 2.15. The van der Waals surface area contributed by atoms with E-state index in [0.29, 0.717) is 29.6 Å². The predicted molar refractivity (Wildman–Crippen MR) is 164 cm³/mol. The van der Waals surface area contributed by atoms with Gasteiger partial charge >= 0.3 is 6.03 Å². The molecule has 1 N–H and O–H groups in total. The highest BCUT2D eigenvalue weighted by atomic mass is 35.5. The largest absolute Gasteiger partial charge is 0.356 e. The first-order valence-corrected chi connectivity index (χ1v) is 16.4. The minimum atomic E-state index is -3.60. The number of halogens is 2. The van der Waals surface area contributed by atoms with Crippen molar-refractivity contribution in [1.29, 1.82) is 0 Å². The van der Waals surface area contributed by atoms with Gasteiger partial charge in [-0.1, -0.05) is 54.4 Å². The Morgan fingerprint density at radius 3 is 2.20 bits per heavy atom. The van der Waals surface area contributed by atoms with Crippen molar-refractivity contribution in [3.05, 3.63) is 69.7 Å². The van der Waals surface area contributed by atoms with E-state index in [1.165, 1.54) is 0 Å². The lowest BCUT2D eigenvalue weighted by atomic mass is 9.90. The highest BCUT2D eigenvalue weighted by molar-refractivity contribution is 7.92. The Morgan fingerprint density at radius 2 is 1.66 bits per heavy atom. The van der Waals surface area contributed by atoms with Gasteiger partial charge in [-0.2, -0.15) is 0 Å². The molecule has 1 saturated heterocycles. The van der Waals surface area contributed by atoms with Gasteiger partial charge in [0.15, 0.2) is 15.9 Å². The van der Waals surface area contributed by atoms with Crippen LogP contribution in [-0.4, -0.2) is 72.4 Å². The first kappa shape index (κ1) is 33.2. The van der Waals surface area contributed by atoms with E-state index in [1.807, 2.05) is 39.0 Å². The van der Waals surface area contributed by atoms with Crippen LogP contribution in [0.1, 0.15) is 71.2 Å². The summed E-state index contributed by atoms with van der Waals surface area (Å²) >= 11 is 12.6. The lowest BCUT2D eigenvalue weighted by molar-refractivity contribution is -0.177. The van der Waals surface area contributed by atoms with Crippen LogP contribution in [0, 0.1) is 0 Å². The molecule has 11 heteroatoms. The molecule has 0 aromatic heterocycles. The summed E-state index contributed by atoms with van der Waals surface area (Å²) in [7, 11) is -3.60. The van der Waals surface area contributed by atoms with Crippen LogP contribution in [0.25, 0.3) is 0 Å². The average Bonchev–Trinajstić information content (AvgIpc) is 2.91. The SMILES string of the molecule is CC[C@@H](CS(=O)(=O)C(C)(C)C)N1C(=O)[C@H](CNC(=O)N(CC)CC)O[C@H](c2cccc(Cl)c2)[C@H]1c1ccc(Cl)cc1. The van der Waals surface area contributed by atoms with E-state index in [-0.39, 0.29) is 24.2 Å². The number of amides is 3. The smallest absolute Gasteiger partial charge is 0.317 e. The number of hydrogen-bond donors (Lipinski definition) is 1. The van der Waals surface area contributed by atoms with Crippen LogP contribution < -0.4 is 5.32 Å². The summed E-state index contributed by atoms with van der Waals surface area (Å²) in [6.07, 6.45) is -1.35. The van der Waals surface area contributed by atoms with Gasteiger partial charge in [0.25, 0.3) is 5.91 Å². The Morgan fingerprint density at radius 1 is 1.02 bits per heavy atom. The zero-order valence-electron chi connectivity index (χ0n) is 24.6. The van der Waals surface area contributed by atoms with Crippen molar-refractivity contribution in [2.24, 2.45) is 0 Å². The molecule has 4 atom stereocenters. The van der Waals surface area contributed by atoms with Crippen LogP contribution >= 0.6 is 23.2 Å². The summed E-state index contributed by atoms with van der Waals surface area (Å²) in [5.41, 5.74) is 1.47. The number of carbonyl (C=O) groups is 2. The maximum absolute atomic E-state index is 14.3. The van der Waals surface area contributed by atoms with Crippen LogP contribution in [0.3, 0.4) is 0 Å². The fourth-order valence-electron chi connectivity index (χ4n) is 4.94. The molecule has 2 aromatic rings. The third-order valence-electron chi connectivity index (χ3n) is 7.51. The minimum Gasteiger partial charge on any atom is -0.356 e. The Hall–Kier alpha value is -2.33. The molecule has 3 amide bonds. The Labute approximate surface area is 254 Å². The molecular formula is C30H41Cl2N3O5S. The van der Waals surface area contributed by atoms with Crippen molar-refractivity contribution in [3.8, 4) is 0 Å². The van der Waals surface area contributed by atoms with Crippen LogP contribution in [-0.2, 0) is 19.4 Å². The van der Waals surface area contributed by atoms with Gasteiger partial charge in [0, 0.05) is 29.2 Å². The fraction of sp³-hybridized carbons (Fsp3) is 0.533. The number of benzene rings is 2. The number of sulfone groups is 1. The molecule has 1 aliphatic heterocycles. The number of ether oxygens (including phenoxy) is 1. The molecule has 0 unspecified atom stereocenters. The number of nitrogens with zero attached hydrogens (tertiary/aromatic N) is 2. The summed E-state index contributed by atoms with van der Waals surface area (Å²) in [6, 6.07) is 12.7. The van der Waals surface area contributed by atoms with E-state index in [9.17, 15) is 18.0 Å². The number of nitrogens with one attached hydrogen (secondary N) is 1. The molecule has 2 aromatic carbocycles. The molecule has 8 nitrogen and oxygen atoms in total. The van der Waals surface area contributed by atoms with Gasteiger partial charge < -0.3 is 19.9 Å².